The number of benzene rings is 2. The maximum Gasteiger partial charge on any atom is 0.265 e. The molecule has 1 aliphatic heterocycles. The van der Waals surface area contributed by atoms with Crippen LogP contribution in [-0.2, 0) is 6.54 Å². The Balaban J connectivity index is 1.73. The summed E-state index contributed by atoms with van der Waals surface area (Å²) in [6.45, 7) is 5.32. The Bertz CT molecular complexity index is 748. The Kier molecular flexibility index (Phi) is 4.01. The minimum atomic E-state index is -0.189. The predicted octanol–water partition coefficient (Wildman–Crippen LogP) is 1.57. The van der Waals surface area contributed by atoms with Crippen LogP contribution in [0.4, 0.5) is 0 Å². The lowest BCUT2D eigenvalue weighted by Gasteiger charge is -2.21. The molecule has 0 bridgehead atoms. The number of nitrogens with zero attached hydrogens (tertiary/aromatic N) is 1. The fraction of sp³-hybridized carbons (Fsp3) is 0.263. The standard InChI is InChI=1S/C19H20N2O2/c1-13-8-9-15(14(2)10-13)11-20(3)12-21-18(22)16-6-4-5-7-17(16)19(21)23/h4-10H,11-12H2,1-3H3/p+1. The summed E-state index contributed by atoms with van der Waals surface area (Å²) in [5.41, 5.74) is 4.74. The number of aryl methyl sites for hydroxylation is 2. The Morgan fingerprint density at radius 2 is 1.57 bits per heavy atom. The monoisotopic (exact) mass is 309 g/mol. The molecule has 0 aliphatic carbocycles. The van der Waals surface area contributed by atoms with Gasteiger partial charge in [-0.3, -0.25) is 9.59 Å². The van der Waals surface area contributed by atoms with Gasteiger partial charge in [0.15, 0.2) is 6.67 Å². The Morgan fingerprint density at radius 3 is 2.13 bits per heavy atom. The van der Waals surface area contributed by atoms with Crippen LogP contribution in [0.5, 0.6) is 0 Å². The van der Waals surface area contributed by atoms with Crippen molar-refractivity contribution in [3.05, 3.63) is 70.3 Å². The number of fused-ring (bicyclic) bond motifs is 1. The molecule has 0 fully saturated rings. The van der Waals surface area contributed by atoms with Gasteiger partial charge in [0, 0.05) is 5.56 Å². The molecule has 4 nitrogen and oxygen atoms in total. The van der Waals surface area contributed by atoms with E-state index >= 15 is 0 Å². The van der Waals surface area contributed by atoms with Crippen molar-refractivity contribution in [1.82, 2.24) is 4.90 Å². The van der Waals surface area contributed by atoms with Crippen molar-refractivity contribution < 1.29 is 14.5 Å². The summed E-state index contributed by atoms with van der Waals surface area (Å²) < 4.78 is 0. The van der Waals surface area contributed by atoms with E-state index in [0.717, 1.165) is 11.4 Å². The van der Waals surface area contributed by atoms with Gasteiger partial charge in [-0.15, -0.1) is 0 Å². The van der Waals surface area contributed by atoms with Crippen LogP contribution >= 0.6 is 0 Å². The van der Waals surface area contributed by atoms with Crippen LogP contribution in [0.2, 0.25) is 0 Å². The zero-order valence-corrected chi connectivity index (χ0v) is 13.7. The number of imide groups is 1. The van der Waals surface area contributed by atoms with Crippen LogP contribution in [-0.4, -0.2) is 30.4 Å². The van der Waals surface area contributed by atoms with Crippen molar-refractivity contribution in [3.63, 3.8) is 0 Å². The molecule has 0 saturated heterocycles. The lowest BCUT2D eigenvalue weighted by Crippen LogP contribution is -3.09. The number of amides is 2. The van der Waals surface area contributed by atoms with E-state index in [-0.39, 0.29) is 11.8 Å². The van der Waals surface area contributed by atoms with Gasteiger partial charge in [-0.1, -0.05) is 35.9 Å². The largest absolute Gasteiger partial charge is 0.316 e. The van der Waals surface area contributed by atoms with Gasteiger partial charge < -0.3 is 4.90 Å². The SMILES string of the molecule is Cc1ccc(C[NH+](C)CN2C(=O)c3ccccc3C2=O)c(C)c1. The molecule has 0 aromatic heterocycles. The first-order chi connectivity index (χ1) is 11.0. The molecule has 1 N–H and O–H groups in total. The number of hydrogen-bond donors (Lipinski definition) is 1. The molecule has 23 heavy (non-hydrogen) atoms. The number of carbonyl (C=O) groups is 2. The molecular formula is C19H21N2O2+. The average Bonchev–Trinajstić information content (AvgIpc) is 2.76. The molecular weight excluding hydrogens is 288 g/mol. The van der Waals surface area contributed by atoms with Crippen LogP contribution in [0.15, 0.2) is 42.5 Å². The molecule has 1 atom stereocenters. The summed E-state index contributed by atoms with van der Waals surface area (Å²) >= 11 is 0. The number of carbonyl (C=O) groups excluding carboxylic acids is 2. The maximum absolute atomic E-state index is 12.4. The predicted molar refractivity (Wildman–Crippen MR) is 88.3 cm³/mol. The average molecular weight is 309 g/mol. The van der Waals surface area contributed by atoms with Gasteiger partial charge in [0.2, 0.25) is 0 Å². The van der Waals surface area contributed by atoms with Gasteiger partial charge in [0.05, 0.1) is 18.2 Å². The molecule has 2 aromatic rings. The summed E-state index contributed by atoms with van der Waals surface area (Å²) in [4.78, 5) is 27.3. The van der Waals surface area contributed by atoms with E-state index in [0.29, 0.717) is 17.8 Å². The smallest absolute Gasteiger partial charge is 0.265 e. The molecule has 0 saturated carbocycles. The third kappa shape index (κ3) is 2.90. The van der Waals surface area contributed by atoms with Gasteiger partial charge in [-0.2, -0.15) is 0 Å². The van der Waals surface area contributed by atoms with Crippen molar-refractivity contribution >= 4 is 11.8 Å². The minimum Gasteiger partial charge on any atom is -0.316 e. The summed E-state index contributed by atoms with van der Waals surface area (Å²) in [6, 6.07) is 13.4. The first-order valence-electron chi connectivity index (χ1n) is 7.80. The van der Waals surface area contributed by atoms with Crippen molar-refractivity contribution in [3.8, 4) is 0 Å². The summed E-state index contributed by atoms with van der Waals surface area (Å²) in [7, 11) is 2.00. The van der Waals surface area contributed by atoms with Crippen LogP contribution in [0.25, 0.3) is 0 Å². The number of hydrogen-bond acceptors (Lipinski definition) is 2. The van der Waals surface area contributed by atoms with Gasteiger partial charge in [0.25, 0.3) is 11.8 Å². The first kappa shape index (κ1) is 15.4. The van der Waals surface area contributed by atoms with Crippen LogP contribution in [0.1, 0.15) is 37.4 Å². The van der Waals surface area contributed by atoms with Crippen molar-refractivity contribution in [2.75, 3.05) is 13.7 Å². The van der Waals surface area contributed by atoms with E-state index in [4.69, 9.17) is 0 Å². The van der Waals surface area contributed by atoms with Gasteiger partial charge in [-0.05, 0) is 31.5 Å². The zero-order valence-electron chi connectivity index (χ0n) is 13.7. The molecule has 1 heterocycles. The molecule has 0 radical (unpaired) electrons. The molecule has 118 valence electrons. The highest BCUT2D eigenvalue weighted by atomic mass is 16.2. The van der Waals surface area contributed by atoms with Crippen LogP contribution in [0, 0.1) is 13.8 Å². The highest BCUT2D eigenvalue weighted by Crippen LogP contribution is 2.21. The van der Waals surface area contributed by atoms with E-state index in [1.807, 2.05) is 7.05 Å². The zero-order chi connectivity index (χ0) is 16.6. The Hall–Kier alpha value is -2.46. The quantitative estimate of drug-likeness (QED) is 0.871. The molecule has 1 unspecified atom stereocenters. The van der Waals surface area contributed by atoms with Crippen molar-refractivity contribution in [2.45, 2.75) is 20.4 Å². The maximum atomic E-state index is 12.4. The second-order valence-corrected chi connectivity index (χ2v) is 6.31. The summed E-state index contributed by atoms with van der Waals surface area (Å²) in [6.07, 6.45) is 0. The Morgan fingerprint density at radius 1 is 0.957 bits per heavy atom. The van der Waals surface area contributed by atoms with Crippen molar-refractivity contribution in [1.29, 1.82) is 0 Å². The topological polar surface area (TPSA) is 41.8 Å². The molecule has 2 aromatic carbocycles. The van der Waals surface area contributed by atoms with Crippen molar-refractivity contribution in [2.24, 2.45) is 0 Å². The number of nitrogens with one attached hydrogen (secondary N) is 1. The van der Waals surface area contributed by atoms with Gasteiger partial charge >= 0.3 is 0 Å². The van der Waals surface area contributed by atoms with Crippen LogP contribution in [0.3, 0.4) is 0 Å². The van der Waals surface area contributed by atoms with E-state index in [9.17, 15) is 9.59 Å². The first-order valence-corrected chi connectivity index (χ1v) is 7.80. The Labute approximate surface area is 136 Å². The van der Waals surface area contributed by atoms with Crippen LogP contribution < -0.4 is 4.90 Å². The van der Waals surface area contributed by atoms with Gasteiger partial charge in [-0.25, -0.2) is 4.90 Å². The van der Waals surface area contributed by atoms with E-state index in [1.165, 1.54) is 21.6 Å². The molecule has 3 rings (SSSR count). The molecule has 1 aliphatic rings. The van der Waals surface area contributed by atoms with E-state index in [2.05, 4.69) is 32.0 Å². The minimum absolute atomic E-state index is 0.189. The summed E-state index contributed by atoms with van der Waals surface area (Å²) in [5.74, 6) is -0.379. The lowest BCUT2D eigenvalue weighted by atomic mass is 10.1. The highest BCUT2D eigenvalue weighted by molar-refractivity contribution is 6.21. The normalized spacial score (nSPS) is 15.0. The third-order valence-corrected chi connectivity index (χ3v) is 4.30. The second-order valence-electron chi connectivity index (χ2n) is 6.31. The van der Waals surface area contributed by atoms with E-state index in [1.54, 1.807) is 24.3 Å². The highest BCUT2D eigenvalue weighted by Gasteiger charge is 2.36. The summed E-state index contributed by atoms with van der Waals surface area (Å²) in [5, 5.41) is 0. The fourth-order valence-corrected chi connectivity index (χ4v) is 3.08. The van der Waals surface area contributed by atoms with Gasteiger partial charge in [0.1, 0.15) is 6.54 Å². The fourth-order valence-electron chi connectivity index (χ4n) is 3.08. The van der Waals surface area contributed by atoms with E-state index < -0.39 is 0 Å². The molecule has 0 spiro atoms. The lowest BCUT2D eigenvalue weighted by molar-refractivity contribution is -0.901. The third-order valence-electron chi connectivity index (χ3n) is 4.30. The molecule has 2 amide bonds. The molecule has 4 heteroatoms. The number of quaternary nitrogens is 1. The number of rotatable bonds is 4. The second kappa shape index (κ2) is 5.97.